The Kier molecular flexibility index (Phi) is 5.98. The van der Waals surface area contributed by atoms with E-state index in [2.05, 4.69) is 62.3 Å². The molecular formula is C25H36O3P2. The van der Waals surface area contributed by atoms with Gasteiger partial charge in [0.15, 0.2) is 5.59 Å². The SMILES string of the molecule is CC(C)(C)[P@@]1c2c(Oc3ccccc3)cccc2OC1P(=O)(C(C)(C)C)C(C)(C)C. The molecule has 0 bridgehead atoms. The summed E-state index contributed by atoms with van der Waals surface area (Å²) in [4.78, 5) is 0. The molecule has 5 heteroatoms. The molecule has 30 heavy (non-hydrogen) atoms. The van der Waals surface area contributed by atoms with Crippen molar-refractivity contribution in [2.45, 2.75) is 83.4 Å². The Hall–Kier alpha value is -1.30. The normalized spacial score (nSPS) is 19.9. The van der Waals surface area contributed by atoms with Crippen LogP contribution < -0.4 is 14.8 Å². The van der Waals surface area contributed by atoms with Gasteiger partial charge in [0.2, 0.25) is 0 Å². The van der Waals surface area contributed by atoms with E-state index >= 15 is 0 Å². The maximum absolute atomic E-state index is 14.9. The standard InChI is InChI=1S/C25H36O3P2/c1-23(2,3)29-21-19(27-18-14-11-10-12-15-18)16-13-17-20(21)28-22(29)30(26,24(4,5)6)25(7,8)9/h10-17,22H,1-9H3/t22?,29-/m0/s1. The van der Waals surface area contributed by atoms with E-state index in [0.717, 1.165) is 22.6 Å². The van der Waals surface area contributed by atoms with Gasteiger partial charge >= 0.3 is 0 Å². The number of ether oxygens (including phenoxy) is 2. The molecule has 2 aromatic carbocycles. The van der Waals surface area contributed by atoms with Gasteiger partial charge in [-0.15, -0.1) is 0 Å². The Morgan fingerprint density at radius 3 is 1.90 bits per heavy atom. The Bertz CT molecular complexity index is 929. The minimum Gasteiger partial charge on any atom is -0.477 e. The first kappa shape index (κ1) is 23.4. The molecule has 0 aliphatic carbocycles. The van der Waals surface area contributed by atoms with Crippen LogP contribution in [0.15, 0.2) is 48.5 Å². The summed E-state index contributed by atoms with van der Waals surface area (Å²) in [6, 6.07) is 15.8. The molecular weight excluding hydrogens is 410 g/mol. The summed E-state index contributed by atoms with van der Waals surface area (Å²) in [5.74, 6) is 2.44. The first-order valence-corrected chi connectivity index (χ1v) is 13.8. The van der Waals surface area contributed by atoms with Crippen molar-refractivity contribution in [1.82, 2.24) is 0 Å². The zero-order chi connectivity index (χ0) is 22.5. The highest BCUT2D eigenvalue weighted by atomic mass is 31.2. The molecule has 0 amide bonds. The largest absolute Gasteiger partial charge is 0.477 e. The van der Waals surface area contributed by atoms with E-state index in [9.17, 15) is 4.57 Å². The number of hydrogen-bond acceptors (Lipinski definition) is 3. The first-order valence-electron chi connectivity index (χ1n) is 10.6. The summed E-state index contributed by atoms with van der Waals surface area (Å²) in [6.45, 7) is 19.3. The summed E-state index contributed by atoms with van der Waals surface area (Å²) >= 11 is 0. The third-order valence-electron chi connectivity index (χ3n) is 5.65. The van der Waals surface area contributed by atoms with E-state index in [1.54, 1.807) is 0 Å². The molecule has 1 aliphatic rings. The molecule has 1 unspecified atom stereocenters. The van der Waals surface area contributed by atoms with Gasteiger partial charge in [-0.05, 0) is 37.3 Å². The van der Waals surface area contributed by atoms with Gasteiger partial charge in [-0.1, -0.05) is 86.6 Å². The molecule has 0 N–H and O–H groups in total. The van der Waals surface area contributed by atoms with Gasteiger partial charge in [-0.2, -0.15) is 0 Å². The highest BCUT2D eigenvalue weighted by molar-refractivity contribution is 7.84. The summed E-state index contributed by atoms with van der Waals surface area (Å²) in [5.41, 5.74) is -0.331. The predicted molar refractivity (Wildman–Crippen MR) is 131 cm³/mol. The molecule has 2 aromatic rings. The molecule has 0 aromatic heterocycles. The summed E-state index contributed by atoms with van der Waals surface area (Å²) < 4.78 is 27.9. The second kappa shape index (κ2) is 7.68. The van der Waals surface area contributed by atoms with Crippen LogP contribution >= 0.6 is 15.1 Å². The highest BCUT2D eigenvalue weighted by Gasteiger charge is 2.60. The van der Waals surface area contributed by atoms with Crippen molar-refractivity contribution >= 4 is 20.4 Å². The molecule has 0 saturated heterocycles. The second-order valence-corrected chi connectivity index (χ2v) is 18.9. The fraction of sp³-hybridized carbons (Fsp3) is 0.520. The number of rotatable bonds is 3. The smallest absolute Gasteiger partial charge is 0.174 e. The van der Waals surface area contributed by atoms with Crippen LogP contribution in [0.3, 0.4) is 0 Å². The van der Waals surface area contributed by atoms with E-state index in [1.165, 1.54) is 0 Å². The van der Waals surface area contributed by atoms with E-state index in [0.29, 0.717) is 0 Å². The maximum atomic E-state index is 14.9. The van der Waals surface area contributed by atoms with Gasteiger partial charge < -0.3 is 14.0 Å². The van der Waals surface area contributed by atoms with Gasteiger partial charge in [0.1, 0.15) is 24.4 Å². The maximum Gasteiger partial charge on any atom is 0.174 e. The van der Waals surface area contributed by atoms with Crippen molar-refractivity contribution in [1.29, 1.82) is 0 Å². The van der Waals surface area contributed by atoms with Crippen molar-refractivity contribution in [3.8, 4) is 17.2 Å². The Morgan fingerprint density at radius 1 is 0.833 bits per heavy atom. The number of fused-ring (bicyclic) bond motifs is 1. The zero-order valence-corrected chi connectivity index (χ0v) is 21.6. The molecule has 3 rings (SSSR count). The molecule has 2 atom stereocenters. The zero-order valence-electron chi connectivity index (χ0n) is 19.8. The third-order valence-corrected chi connectivity index (χ3v) is 15.0. The molecule has 0 spiro atoms. The molecule has 1 aliphatic heterocycles. The van der Waals surface area contributed by atoms with E-state index in [-0.39, 0.29) is 21.1 Å². The van der Waals surface area contributed by atoms with Crippen LogP contribution in [-0.2, 0) is 4.57 Å². The van der Waals surface area contributed by atoms with Crippen molar-refractivity contribution in [2.24, 2.45) is 0 Å². The summed E-state index contributed by atoms with van der Waals surface area (Å²) in [6.07, 6.45) is 0. The second-order valence-electron chi connectivity index (χ2n) is 11.0. The van der Waals surface area contributed by atoms with Crippen LogP contribution in [0.25, 0.3) is 0 Å². The molecule has 1 heterocycles. The Labute approximate surface area is 183 Å². The van der Waals surface area contributed by atoms with Gasteiger partial charge in [0.05, 0.1) is 5.30 Å². The molecule has 0 fully saturated rings. The molecule has 3 nitrogen and oxygen atoms in total. The van der Waals surface area contributed by atoms with E-state index in [1.807, 2.05) is 48.5 Å². The van der Waals surface area contributed by atoms with Crippen molar-refractivity contribution in [2.75, 3.05) is 0 Å². The minimum absolute atomic E-state index is 0.0897. The number of hydrogen-bond donors (Lipinski definition) is 0. The van der Waals surface area contributed by atoms with Crippen LogP contribution in [0.4, 0.5) is 0 Å². The van der Waals surface area contributed by atoms with Crippen LogP contribution in [0, 0.1) is 0 Å². The van der Waals surface area contributed by atoms with Gasteiger partial charge in [-0.3, -0.25) is 0 Å². The molecule has 0 radical (unpaired) electrons. The van der Waals surface area contributed by atoms with Gasteiger partial charge in [0, 0.05) is 10.3 Å². The van der Waals surface area contributed by atoms with Crippen LogP contribution in [0.2, 0.25) is 0 Å². The van der Waals surface area contributed by atoms with Crippen LogP contribution in [0.1, 0.15) is 62.3 Å². The Morgan fingerprint density at radius 2 is 1.40 bits per heavy atom. The topological polar surface area (TPSA) is 35.5 Å². The third kappa shape index (κ3) is 3.96. The van der Waals surface area contributed by atoms with Crippen molar-refractivity contribution in [3.63, 3.8) is 0 Å². The van der Waals surface area contributed by atoms with E-state index in [4.69, 9.17) is 9.47 Å². The first-order chi connectivity index (χ1) is 13.7. The van der Waals surface area contributed by atoms with Crippen LogP contribution in [-0.4, -0.2) is 21.1 Å². The summed E-state index contributed by atoms with van der Waals surface area (Å²) in [7, 11) is -3.73. The monoisotopic (exact) mass is 446 g/mol. The van der Waals surface area contributed by atoms with E-state index < -0.39 is 15.1 Å². The van der Waals surface area contributed by atoms with Crippen LogP contribution in [0.5, 0.6) is 17.2 Å². The summed E-state index contributed by atoms with van der Waals surface area (Å²) in [5, 5.41) is 0.268. The Balaban J connectivity index is 2.19. The lowest BCUT2D eigenvalue weighted by Gasteiger charge is -2.47. The minimum atomic E-state index is -2.82. The molecule has 164 valence electrons. The highest BCUT2D eigenvalue weighted by Crippen LogP contribution is 2.80. The predicted octanol–water partition coefficient (Wildman–Crippen LogP) is 8.02. The average molecular weight is 447 g/mol. The lowest BCUT2D eigenvalue weighted by atomic mass is 10.2. The van der Waals surface area contributed by atoms with Crippen molar-refractivity contribution in [3.05, 3.63) is 48.5 Å². The average Bonchev–Trinajstić information content (AvgIpc) is 3.01. The lowest BCUT2D eigenvalue weighted by molar-refractivity contribution is 0.340. The number of benzene rings is 2. The lowest BCUT2D eigenvalue weighted by Crippen LogP contribution is -2.38. The molecule has 0 saturated carbocycles. The quantitative estimate of drug-likeness (QED) is 0.448. The van der Waals surface area contributed by atoms with Gasteiger partial charge in [0.25, 0.3) is 0 Å². The van der Waals surface area contributed by atoms with Gasteiger partial charge in [-0.25, -0.2) is 0 Å². The number of para-hydroxylation sites is 1. The van der Waals surface area contributed by atoms with Crippen molar-refractivity contribution < 1.29 is 14.0 Å². The fourth-order valence-corrected chi connectivity index (χ4v) is 15.2. The fourth-order valence-electron chi connectivity index (χ4n) is 4.38.